The Morgan fingerprint density at radius 3 is 2.62 bits per heavy atom. The topological polar surface area (TPSA) is 63.6 Å². The largest absolute Gasteiger partial charge is 0.317 e. The third-order valence-electron chi connectivity index (χ3n) is 3.03. The van der Waals surface area contributed by atoms with Crippen molar-refractivity contribution >= 4 is 22.9 Å². The highest BCUT2D eigenvalue weighted by Crippen LogP contribution is 2.35. The van der Waals surface area contributed by atoms with Crippen molar-refractivity contribution in [2.75, 3.05) is 13.1 Å². The Balaban J connectivity index is 1.99. The van der Waals surface area contributed by atoms with Crippen LogP contribution in [0.3, 0.4) is 0 Å². The third kappa shape index (κ3) is 4.52. The van der Waals surface area contributed by atoms with Gasteiger partial charge in [-0.2, -0.15) is 0 Å². The molecule has 0 aliphatic carbocycles. The van der Waals surface area contributed by atoms with Crippen LogP contribution in [-0.4, -0.2) is 32.9 Å². The minimum absolute atomic E-state index is 0.0156. The first-order valence-corrected chi connectivity index (χ1v) is 8.97. The minimum Gasteiger partial charge on any atom is -0.317 e. The number of hydrogen-bond acceptors (Lipinski definition) is 7. The fourth-order valence-corrected chi connectivity index (χ4v) is 3.75. The molecular weight excluding hydrogens is 302 g/mol. The fraction of sp³-hybridized carbons (Fsp3) is 0.714. The van der Waals surface area contributed by atoms with E-state index in [0.29, 0.717) is 0 Å². The highest BCUT2D eigenvalue weighted by Gasteiger charge is 2.25. The Kier molecular flexibility index (Phi) is 5.78. The van der Waals surface area contributed by atoms with E-state index in [2.05, 4.69) is 52.8 Å². The summed E-state index contributed by atoms with van der Waals surface area (Å²) < 4.78 is 4.09. The van der Waals surface area contributed by atoms with E-state index in [-0.39, 0.29) is 5.41 Å². The Bertz CT molecular complexity index is 556. The van der Waals surface area contributed by atoms with Gasteiger partial charge in [0, 0.05) is 11.8 Å². The van der Waals surface area contributed by atoms with Crippen LogP contribution in [0.4, 0.5) is 0 Å². The highest BCUT2D eigenvalue weighted by molar-refractivity contribution is 7.19. The van der Waals surface area contributed by atoms with Gasteiger partial charge in [-0.05, 0) is 37.5 Å². The van der Waals surface area contributed by atoms with Crippen LogP contribution in [0.15, 0.2) is 0 Å². The molecule has 21 heavy (non-hydrogen) atoms. The van der Waals surface area contributed by atoms with Crippen molar-refractivity contribution in [3.05, 3.63) is 10.7 Å². The van der Waals surface area contributed by atoms with Gasteiger partial charge in [0.05, 0.1) is 5.69 Å². The van der Waals surface area contributed by atoms with Crippen LogP contribution in [0.2, 0.25) is 0 Å². The van der Waals surface area contributed by atoms with Gasteiger partial charge in [-0.3, -0.25) is 0 Å². The molecule has 0 radical (unpaired) electrons. The molecule has 0 aliphatic rings. The molecule has 0 bridgehead atoms. The lowest BCUT2D eigenvalue weighted by atomic mass is 9.91. The molecule has 1 N–H and O–H groups in total. The molecule has 7 heteroatoms. The molecule has 2 aromatic rings. The molecule has 0 spiro atoms. The lowest BCUT2D eigenvalue weighted by Gasteiger charge is -2.15. The summed E-state index contributed by atoms with van der Waals surface area (Å²) in [5, 5.41) is 18.3. The van der Waals surface area contributed by atoms with Crippen LogP contribution in [0, 0.1) is 0 Å². The Hall–Kier alpha value is -0.920. The predicted molar refractivity (Wildman–Crippen MR) is 89.0 cm³/mol. The lowest BCUT2D eigenvalue weighted by Crippen LogP contribution is -2.16. The van der Waals surface area contributed by atoms with Gasteiger partial charge >= 0.3 is 0 Å². The summed E-state index contributed by atoms with van der Waals surface area (Å²) in [6.45, 7) is 10.7. The van der Waals surface area contributed by atoms with E-state index in [1.165, 1.54) is 18.0 Å². The number of aromatic nitrogens is 4. The van der Waals surface area contributed by atoms with Crippen molar-refractivity contribution in [2.45, 2.75) is 52.4 Å². The van der Waals surface area contributed by atoms with Gasteiger partial charge < -0.3 is 5.32 Å². The second-order valence-electron chi connectivity index (χ2n) is 6.06. The van der Waals surface area contributed by atoms with Gasteiger partial charge in [-0.15, -0.1) is 15.3 Å². The quantitative estimate of drug-likeness (QED) is 0.791. The monoisotopic (exact) mass is 325 g/mol. The summed E-state index contributed by atoms with van der Waals surface area (Å²) in [4.78, 5) is 1.07. The van der Waals surface area contributed by atoms with Crippen LogP contribution in [0.1, 0.15) is 51.2 Å². The molecule has 116 valence electrons. The number of aryl methyl sites for hydroxylation is 1. The van der Waals surface area contributed by atoms with E-state index in [4.69, 9.17) is 0 Å². The van der Waals surface area contributed by atoms with Gasteiger partial charge in [0.15, 0.2) is 5.01 Å². The van der Waals surface area contributed by atoms with E-state index >= 15 is 0 Å². The molecule has 0 fully saturated rings. The fourth-order valence-electron chi connectivity index (χ4n) is 1.93. The lowest BCUT2D eigenvalue weighted by molar-refractivity contribution is 0.568. The molecule has 0 aliphatic heterocycles. The first kappa shape index (κ1) is 16.5. The number of rotatable bonds is 7. The van der Waals surface area contributed by atoms with Crippen molar-refractivity contribution in [1.29, 1.82) is 0 Å². The Morgan fingerprint density at radius 1 is 1.10 bits per heavy atom. The van der Waals surface area contributed by atoms with Crippen LogP contribution >= 0.6 is 22.9 Å². The van der Waals surface area contributed by atoms with E-state index in [0.717, 1.165) is 46.5 Å². The highest BCUT2D eigenvalue weighted by atomic mass is 32.1. The normalized spacial score (nSPS) is 12.0. The Morgan fingerprint density at radius 2 is 1.90 bits per heavy atom. The van der Waals surface area contributed by atoms with Crippen LogP contribution in [0.25, 0.3) is 9.88 Å². The number of nitrogens with zero attached hydrogens (tertiary/aromatic N) is 4. The van der Waals surface area contributed by atoms with Crippen molar-refractivity contribution in [2.24, 2.45) is 0 Å². The van der Waals surface area contributed by atoms with Gasteiger partial charge in [-0.1, -0.05) is 43.5 Å². The average molecular weight is 326 g/mol. The SMILES string of the molecule is CCCNCCCc1nnc(-c2snnc2C(C)(C)C)s1. The van der Waals surface area contributed by atoms with Crippen molar-refractivity contribution in [3.8, 4) is 9.88 Å². The second-order valence-corrected chi connectivity index (χ2v) is 7.87. The molecule has 0 aromatic carbocycles. The maximum absolute atomic E-state index is 4.33. The maximum Gasteiger partial charge on any atom is 0.161 e. The molecule has 2 rings (SSSR count). The van der Waals surface area contributed by atoms with E-state index in [1.807, 2.05) is 0 Å². The number of nitrogens with one attached hydrogen (secondary N) is 1. The molecule has 2 aromatic heterocycles. The smallest absolute Gasteiger partial charge is 0.161 e. The molecule has 0 unspecified atom stereocenters. The summed E-state index contributed by atoms with van der Waals surface area (Å²) in [7, 11) is 0. The predicted octanol–water partition coefficient (Wildman–Crippen LogP) is 3.29. The van der Waals surface area contributed by atoms with Crippen LogP contribution in [-0.2, 0) is 11.8 Å². The molecule has 2 heterocycles. The minimum atomic E-state index is -0.0156. The van der Waals surface area contributed by atoms with Gasteiger partial charge in [0.2, 0.25) is 0 Å². The van der Waals surface area contributed by atoms with E-state index in [9.17, 15) is 0 Å². The van der Waals surface area contributed by atoms with Gasteiger partial charge in [0.25, 0.3) is 0 Å². The summed E-state index contributed by atoms with van der Waals surface area (Å²) in [5.74, 6) is 0. The standard InChI is InChI=1S/C14H23N5S2/c1-5-8-15-9-6-7-10-16-18-13(20-10)11-12(14(2,3)4)17-19-21-11/h15H,5-9H2,1-4H3. The molecule has 0 amide bonds. The molecule has 0 saturated heterocycles. The zero-order valence-electron chi connectivity index (χ0n) is 13.1. The first-order chi connectivity index (χ1) is 10.0. The van der Waals surface area contributed by atoms with Crippen molar-refractivity contribution in [1.82, 2.24) is 25.1 Å². The van der Waals surface area contributed by atoms with Gasteiger partial charge in [0.1, 0.15) is 9.88 Å². The maximum atomic E-state index is 4.33. The Labute approximate surface area is 134 Å². The van der Waals surface area contributed by atoms with Crippen molar-refractivity contribution in [3.63, 3.8) is 0 Å². The van der Waals surface area contributed by atoms with Crippen molar-refractivity contribution < 1.29 is 0 Å². The van der Waals surface area contributed by atoms with Crippen LogP contribution < -0.4 is 5.32 Å². The van der Waals surface area contributed by atoms with E-state index in [1.54, 1.807) is 11.3 Å². The molecular formula is C14H23N5S2. The number of hydrogen-bond donors (Lipinski definition) is 1. The third-order valence-corrected chi connectivity index (χ3v) is 4.89. The van der Waals surface area contributed by atoms with Crippen LogP contribution in [0.5, 0.6) is 0 Å². The average Bonchev–Trinajstić information content (AvgIpc) is 3.06. The van der Waals surface area contributed by atoms with Gasteiger partial charge in [-0.25, -0.2) is 0 Å². The second kappa shape index (κ2) is 7.38. The van der Waals surface area contributed by atoms with E-state index < -0.39 is 0 Å². The summed E-state index contributed by atoms with van der Waals surface area (Å²) in [6.07, 6.45) is 3.25. The summed E-state index contributed by atoms with van der Waals surface area (Å²) in [5.41, 5.74) is 0.998. The molecule has 0 atom stereocenters. The zero-order valence-corrected chi connectivity index (χ0v) is 14.8. The zero-order chi connectivity index (χ0) is 15.3. The first-order valence-electron chi connectivity index (χ1n) is 7.38. The summed E-state index contributed by atoms with van der Waals surface area (Å²) >= 11 is 3.08. The molecule has 5 nitrogen and oxygen atoms in total. The molecule has 0 saturated carbocycles. The summed E-state index contributed by atoms with van der Waals surface area (Å²) in [6, 6.07) is 0.